The van der Waals surface area contributed by atoms with Crippen molar-refractivity contribution >= 4 is 157 Å². The van der Waals surface area contributed by atoms with Crippen molar-refractivity contribution in [2.75, 3.05) is 0 Å². The van der Waals surface area contributed by atoms with Crippen LogP contribution in [0.25, 0.3) is 86.8 Å². The molecule has 176 valence electrons. The summed E-state index contributed by atoms with van der Waals surface area (Å²) in [5.74, 6) is 0. The molecule has 0 aliphatic heterocycles. The van der Waals surface area contributed by atoms with Gasteiger partial charge in [0.05, 0.1) is 0 Å². The number of rotatable bonds is 0. The van der Waals surface area contributed by atoms with Crippen LogP contribution in [0.5, 0.6) is 0 Å². The molecule has 0 nitrogen and oxygen atoms in total. The number of hydrogen-bond donors (Lipinski definition) is 0. The Hall–Kier alpha value is -1.80. The Morgan fingerprint density at radius 2 is 0.737 bits per heavy atom. The van der Waals surface area contributed by atoms with E-state index in [0.29, 0.717) is 29.0 Å². The summed E-state index contributed by atoms with van der Waals surface area (Å²) in [6.07, 6.45) is 0. The van der Waals surface area contributed by atoms with Gasteiger partial charge in [0.25, 0.3) is 0 Å². The molecule has 0 atom stereocenters. The van der Waals surface area contributed by atoms with Crippen molar-refractivity contribution in [1.82, 2.24) is 0 Å². The van der Waals surface area contributed by atoms with Gasteiger partial charge in [0.15, 0.2) is 0 Å². The van der Waals surface area contributed by atoms with Crippen molar-refractivity contribution in [3.05, 3.63) is 94.8 Å². The predicted molar refractivity (Wildman–Crippen MR) is 172 cm³/mol. The Bertz CT molecular complexity index is 2440. The average Bonchev–Trinajstić information content (AvgIpc) is 3.70. The first-order chi connectivity index (χ1) is 18.7. The van der Waals surface area contributed by atoms with E-state index in [1.165, 1.54) is 62.4 Å². The molecule has 4 aromatic heterocycles. The van der Waals surface area contributed by atoms with E-state index in [2.05, 4.69) is 94.8 Å². The molecule has 0 aliphatic rings. The second-order valence-electron chi connectivity index (χ2n) is 10.3. The normalized spacial score (nSPS) is 12.7. The zero-order valence-electron chi connectivity index (χ0n) is 19.9. The van der Waals surface area contributed by atoms with Gasteiger partial charge >= 0.3 is 251 Å². The van der Waals surface area contributed by atoms with Crippen molar-refractivity contribution in [2.24, 2.45) is 0 Å². The van der Waals surface area contributed by atoms with Crippen molar-refractivity contribution in [3.63, 3.8) is 0 Å². The molecule has 0 saturated heterocycles. The molecule has 0 bridgehead atoms. The number of hydrogen-bond acceptors (Lipinski definition) is 0. The van der Waals surface area contributed by atoms with E-state index in [0.717, 1.165) is 0 Å². The zero-order chi connectivity index (χ0) is 24.5. The van der Waals surface area contributed by atoms with Crippen LogP contribution < -0.4 is 0 Å². The minimum absolute atomic E-state index is 0.354. The summed E-state index contributed by atoms with van der Waals surface area (Å²) < 4.78 is 9.88. The van der Waals surface area contributed by atoms with Gasteiger partial charge in [-0.15, -0.1) is 0 Å². The molecule has 4 heterocycles. The number of fused-ring (bicyclic) bond motifs is 11. The topological polar surface area (TPSA) is 0 Å². The van der Waals surface area contributed by atoms with Crippen LogP contribution in [-0.4, -0.2) is 69.9 Å². The van der Waals surface area contributed by atoms with E-state index in [-0.39, 0.29) is 40.9 Å². The predicted octanol–water partition coefficient (Wildman–Crippen LogP) is 8.29. The van der Waals surface area contributed by atoms with Gasteiger partial charge in [-0.25, -0.2) is 0 Å². The third kappa shape index (κ3) is 3.10. The summed E-state index contributed by atoms with van der Waals surface area (Å²) in [6, 6.07) is 34.3. The molecule has 10 aromatic rings. The summed E-state index contributed by atoms with van der Waals surface area (Å²) in [7, 11) is 0. The van der Waals surface area contributed by atoms with Crippen LogP contribution in [0.2, 0.25) is 0 Å². The molecule has 4 heteroatoms. The molecule has 0 spiro atoms. The van der Waals surface area contributed by atoms with Gasteiger partial charge < -0.3 is 0 Å². The third-order valence-corrected chi connectivity index (χ3v) is 19.8. The van der Waals surface area contributed by atoms with E-state index in [1.54, 1.807) is 24.4 Å². The van der Waals surface area contributed by atoms with Gasteiger partial charge in [0, 0.05) is 0 Å². The van der Waals surface area contributed by atoms with Crippen molar-refractivity contribution in [3.8, 4) is 0 Å². The van der Waals surface area contributed by atoms with Crippen molar-refractivity contribution in [2.45, 2.75) is 0 Å². The standard InChI is InChI=1S/C34H16Se2Te2/c1-3-35-29-13-23-9-25-15-31-27(11-21(25)7-19(23)5-17(1)29)33-34(37-31)28-12-22-8-20-6-18-2-4-36-30(18)14-24(20)10-26(22)16-32(28)38-33/h1-16H. The maximum absolute atomic E-state index is 2.55. The molecule has 6 aromatic carbocycles. The fourth-order valence-electron chi connectivity index (χ4n) is 6.17. The van der Waals surface area contributed by atoms with Gasteiger partial charge in [-0.3, -0.25) is 0 Å². The first-order valence-electron chi connectivity index (χ1n) is 12.6. The molecule has 0 fully saturated rings. The van der Waals surface area contributed by atoms with Crippen LogP contribution in [0, 0.1) is 0 Å². The molecule has 0 unspecified atom stereocenters. The first-order valence-corrected chi connectivity index (χ1v) is 21.0. The molecule has 0 saturated carbocycles. The molecular formula is C34H16Se2Te2. The van der Waals surface area contributed by atoms with Gasteiger partial charge in [0.1, 0.15) is 0 Å². The van der Waals surface area contributed by atoms with Gasteiger partial charge in [-0.2, -0.15) is 0 Å². The fourth-order valence-corrected chi connectivity index (χ4v) is 19.1. The molecule has 0 aliphatic carbocycles. The Kier molecular flexibility index (Phi) is 4.56. The third-order valence-electron chi connectivity index (χ3n) is 8.05. The molecule has 38 heavy (non-hydrogen) atoms. The van der Waals surface area contributed by atoms with Crippen LogP contribution in [0.1, 0.15) is 0 Å². The van der Waals surface area contributed by atoms with E-state index in [9.17, 15) is 0 Å². The zero-order valence-corrected chi connectivity index (χ0v) is 28.0. The second-order valence-corrected chi connectivity index (χ2v) is 20.3. The van der Waals surface area contributed by atoms with Crippen LogP contribution in [0.3, 0.4) is 0 Å². The SMILES string of the molecule is c1cc2cc3cc4cc5c(cc4cc3cc2[se]1)[te]c1c2cc3cc4cc6cc[se]c6cc4cc3cc2[te]c51. The van der Waals surface area contributed by atoms with E-state index >= 15 is 0 Å². The van der Waals surface area contributed by atoms with Crippen LogP contribution in [-0.2, 0) is 0 Å². The first kappa shape index (κ1) is 22.0. The fraction of sp³-hybridized carbons (Fsp3) is 0. The van der Waals surface area contributed by atoms with E-state index in [4.69, 9.17) is 0 Å². The summed E-state index contributed by atoms with van der Waals surface area (Å²) in [4.78, 5) is 4.70. The summed E-state index contributed by atoms with van der Waals surface area (Å²) in [5.41, 5.74) is 0. The van der Waals surface area contributed by atoms with Crippen LogP contribution in [0.15, 0.2) is 94.8 Å². The molecule has 10 rings (SSSR count). The molecular weight excluding hydrogens is 821 g/mol. The molecule has 0 amide bonds. The Balaban J connectivity index is 1.24. The monoisotopic (exact) mass is 844 g/mol. The van der Waals surface area contributed by atoms with Gasteiger partial charge in [-0.1, -0.05) is 0 Å². The van der Waals surface area contributed by atoms with Gasteiger partial charge in [-0.05, 0) is 0 Å². The second kappa shape index (κ2) is 7.90. The van der Waals surface area contributed by atoms with Crippen LogP contribution in [0.4, 0.5) is 0 Å². The summed E-state index contributed by atoms with van der Waals surface area (Å²) >= 11 is 0.291. The quantitative estimate of drug-likeness (QED) is 0.107. The summed E-state index contributed by atoms with van der Waals surface area (Å²) in [6.45, 7) is 0. The van der Waals surface area contributed by atoms with Crippen LogP contribution >= 0.6 is 0 Å². The van der Waals surface area contributed by atoms with E-state index < -0.39 is 0 Å². The summed E-state index contributed by atoms with van der Waals surface area (Å²) in [5, 5.41) is 17.3. The van der Waals surface area contributed by atoms with Crippen molar-refractivity contribution < 1.29 is 0 Å². The molecule has 0 radical (unpaired) electrons. The Labute approximate surface area is 248 Å². The minimum atomic E-state index is -0.354. The maximum atomic E-state index is 2.55. The Morgan fingerprint density at radius 1 is 0.368 bits per heavy atom. The Morgan fingerprint density at radius 3 is 1.21 bits per heavy atom. The van der Waals surface area contributed by atoms with Gasteiger partial charge in [0.2, 0.25) is 0 Å². The number of benzene rings is 6. The van der Waals surface area contributed by atoms with E-state index in [1.807, 2.05) is 0 Å². The molecule has 0 N–H and O–H groups in total. The average molecular weight is 838 g/mol. The van der Waals surface area contributed by atoms with Crippen molar-refractivity contribution in [1.29, 1.82) is 0 Å².